The van der Waals surface area contributed by atoms with Gasteiger partial charge < -0.3 is 15.7 Å². The summed E-state index contributed by atoms with van der Waals surface area (Å²) < 4.78 is 63.9. The molecular weight excluding hydrogens is 563 g/mol. The summed E-state index contributed by atoms with van der Waals surface area (Å²) in [6, 6.07) is 11.0. The molecule has 5 N–H and O–H groups in total. The molecule has 39 heavy (non-hydrogen) atoms. The first-order valence-corrected chi connectivity index (χ1v) is 13.1. The molecule has 15 heteroatoms. The number of hydrogen-bond acceptors (Lipinski definition) is 7. The molecule has 0 spiro atoms. The molecule has 2 aromatic carbocycles. The summed E-state index contributed by atoms with van der Waals surface area (Å²) in [5.41, 5.74) is 1.46. The first kappa shape index (κ1) is 29.7. The lowest BCUT2D eigenvalue weighted by Crippen LogP contribution is -2.48. The molecule has 0 aliphatic carbocycles. The summed E-state index contributed by atoms with van der Waals surface area (Å²) >= 11 is 5.87. The minimum Gasteiger partial charge on any atom is -0.507 e. The molecule has 0 saturated heterocycles. The lowest BCUT2D eigenvalue weighted by Gasteiger charge is -2.19. The van der Waals surface area contributed by atoms with E-state index in [2.05, 4.69) is 21.0 Å². The number of sulfonamides is 1. The van der Waals surface area contributed by atoms with Gasteiger partial charge in [-0.25, -0.2) is 13.4 Å². The van der Waals surface area contributed by atoms with E-state index in [9.17, 15) is 36.3 Å². The Balaban J connectivity index is 1.62. The van der Waals surface area contributed by atoms with Crippen LogP contribution in [0.3, 0.4) is 0 Å². The Morgan fingerprint density at radius 2 is 1.82 bits per heavy atom. The van der Waals surface area contributed by atoms with E-state index in [0.29, 0.717) is 17.8 Å². The Hall–Kier alpha value is -3.88. The van der Waals surface area contributed by atoms with Gasteiger partial charge in [-0.2, -0.15) is 13.2 Å². The molecule has 208 valence electrons. The molecule has 0 fully saturated rings. The van der Waals surface area contributed by atoms with Gasteiger partial charge in [-0.3, -0.25) is 15.0 Å². The van der Waals surface area contributed by atoms with E-state index in [4.69, 9.17) is 11.6 Å². The number of halogens is 4. The highest BCUT2D eigenvalue weighted by molar-refractivity contribution is 7.89. The van der Waals surface area contributed by atoms with Crippen molar-refractivity contribution in [3.63, 3.8) is 0 Å². The SMILES string of the molecule is CCC(Nc1ncc(C(F)(F)F)cc1Cl)C(=O)NNS(=O)(=O)c1cccc(CNC(=O)c2ccccc2O)c1. The number of nitrogens with zero attached hydrogens (tertiary/aromatic N) is 1. The number of carbonyl (C=O) groups excluding carboxylic acids is 2. The number of aromatic nitrogens is 1. The lowest BCUT2D eigenvalue weighted by atomic mass is 10.1. The predicted molar refractivity (Wildman–Crippen MR) is 136 cm³/mol. The van der Waals surface area contributed by atoms with Gasteiger partial charge in [-0.15, -0.1) is 4.83 Å². The standard InChI is InChI=1S/C24H23ClF3N5O5S/c1-2-19(31-21-18(25)11-15(13-29-21)24(26,27)28)23(36)32-33-39(37,38)16-7-5-6-14(10-16)12-30-22(35)17-8-3-4-9-20(17)34/h3-11,13,19,33-34H,2,12H2,1H3,(H,29,31)(H,30,35)(H,32,36). The van der Waals surface area contributed by atoms with Gasteiger partial charge in [0.2, 0.25) is 0 Å². The maximum absolute atomic E-state index is 12.8. The van der Waals surface area contributed by atoms with Crippen molar-refractivity contribution in [2.45, 2.75) is 37.0 Å². The van der Waals surface area contributed by atoms with Gasteiger partial charge in [0.1, 0.15) is 17.6 Å². The molecule has 1 atom stereocenters. The Morgan fingerprint density at radius 3 is 2.46 bits per heavy atom. The molecule has 1 heterocycles. The van der Waals surface area contributed by atoms with Gasteiger partial charge >= 0.3 is 6.18 Å². The Kier molecular flexibility index (Phi) is 9.37. The first-order valence-electron chi connectivity index (χ1n) is 11.3. The van der Waals surface area contributed by atoms with Gasteiger partial charge in [0, 0.05) is 12.7 Å². The largest absolute Gasteiger partial charge is 0.507 e. The van der Waals surface area contributed by atoms with Gasteiger partial charge in [0.05, 0.1) is 21.0 Å². The van der Waals surface area contributed by atoms with Crippen molar-refractivity contribution in [1.82, 2.24) is 20.6 Å². The number of rotatable bonds is 10. The molecule has 1 aromatic heterocycles. The summed E-state index contributed by atoms with van der Waals surface area (Å²) in [4.78, 5) is 30.2. The van der Waals surface area contributed by atoms with Crippen LogP contribution in [-0.4, -0.2) is 36.4 Å². The molecule has 3 rings (SSSR count). The fourth-order valence-electron chi connectivity index (χ4n) is 3.25. The molecule has 2 amide bonds. The number of nitrogens with one attached hydrogen (secondary N) is 4. The molecule has 0 radical (unpaired) electrons. The summed E-state index contributed by atoms with van der Waals surface area (Å²) in [6.45, 7) is 1.53. The van der Waals surface area contributed by atoms with Crippen LogP contribution in [0, 0.1) is 0 Å². The van der Waals surface area contributed by atoms with Gasteiger partial charge in [-0.1, -0.05) is 42.8 Å². The van der Waals surface area contributed by atoms with Crippen LogP contribution in [0.15, 0.2) is 65.7 Å². The van der Waals surface area contributed by atoms with Crippen molar-refractivity contribution in [1.29, 1.82) is 0 Å². The van der Waals surface area contributed by atoms with Crippen LogP contribution < -0.4 is 20.9 Å². The van der Waals surface area contributed by atoms with Crippen LogP contribution >= 0.6 is 11.6 Å². The molecule has 1 unspecified atom stereocenters. The number of hydrazine groups is 1. The van der Waals surface area contributed by atoms with Crippen molar-refractivity contribution >= 4 is 39.3 Å². The highest BCUT2D eigenvalue weighted by Gasteiger charge is 2.32. The zero-order chi connectivity index (χ0) is 28.8. The number of alkyl halides is 3. The number of pyridine rings is 1. The molecule has 3 aromatic rings. The highest BCUT2D eigenvalue weighted by Crippen LogP contribution is 2.32. The van der Waals surface area contributed by atoms with Gasteiger partial charge in [0.15, 0.2) is 0 Å². The summed E-state index contributed by atoms with van der Waals surface area (Å²) in [6.07, 6.45) is -3.99. The third kappa shape index (κ3) is 7.81. The van der Waals surface area contributed by atoms with Crippen LogP contribution in [0.25, 0.3) is 0 Å². The van der Waals surface area contributed by atoms with E-state index in [0.717, 1.165) is 0 Å². The van der Waals surface area contributed by atoms with Crippen molar-refractivity contribution in [3.8, 4) is 5.75 Å². The predicted octanol–water partition coefficient (Wildman–Crippen LogP) is 3.59. The number of phenolic OH excluding ortho intramolecular Hbond substituents is 1. The summed E-state index contributed by atoms with van der Waals surface area (Å²) in [5, 5.41) is 14.6. The van der Waals surface area contributed by atoms with E-state index >= 15 is 0 Å². The van der Waals surface area contributed by atoms with Crippen LogP contribution in [0.4, 0.5) is 19.0 Å². The van der Waals surface area contributed by atoms with Crippen molar-refractivity contribution in [2.75, 3.05) is 5.32 Å². The first-order chi connectivity index (χ1) is 18.3. The number of para-hydroxylation sites is 1. The summed E-state index contributed by atoms with van der Waals surface area (Å²) in [7, 11) is -4.25. The number of benzene rings is 2. The van der Waals surface area contributed by atoms with Crippen molar-refractivity contribution in [3.05, 3.63) is 82.5 Å². The average molecular weight is 586 g/mol. The van der Waals surface area contributed by atoms with E-state index in [-0.39, 0.29) is 40.0 Å². The van der Waals surface area contributed by atoms with Crippen LogP contribution in [0.1, 0.15) is 34.8 Å². The number of anilines is 1. The Labute approximate surface area is 226 Å². The van der Waals surface area contributed by atoms with E-state index in [1.807, 2.05) is 4.83 Å². The monoisotopic (exact) mass is 585 g/mol. The smallest absolute Gasteiger partial charge is 0.417 e. The average Bonchev–Trinajstić information content (AvgIpc) is 2.89. The van der Waals surface area contributed by atoms with Crippen molar-refractivity contribution in [2.24, 2.45) is 0 Å². The van der Waals surface area contributed by atoms with Crippen molar-refractivity contribution < 1.29 is 36.3 Å². The molecule has 10 nitrogen and oxygen atoms in total. The van der Waals surface area contributed by atoms with Gasteiger partial charge in [-0.05, 0) is 42.3 Å². The number of carbonyl (C=O) groups is 2. The second-order valence-corrected chi connectivity index (χ2v) is 10.2. The van der Waals surface area contributed by atoms with Crippen LogP contribution in [0.2, 0.25) is 5.02 Å². The maximum atomic E-state index is 12.8. The number of aromatic hydroxyl groups is 1. The fourth-order valence-corrected chi connectivity index (χ4v) is 4.38. The molecule has 0 aliphatic rings. The minimum atomic E-state index is -4.65. The van der Waals surface area contributed by atoms with Crippen LogP contribution in [0.5, 0.6) is 5.75 Å². The Bertz CT molecular complexity index is 1470. The quantitative estimate of drug-likeness (QED) is 0.228. The molecule has 0 aliphatic heterocycles. The second kappa shape index (κ2) is 12.3. The highest BCUT2D eigenvalue weighted by atomic mass is 35.5. The third-order valence-corrected chi connectivity index (χ3v) is 6.86. The zero-order valence-corrected chi connectivity index (χ0v) is 21.8. The summed E-state index contributed by atoms with van der Waals surface area (Å²) in [5.74, 6) is -1.80. The van der Waals surface area contributed by atoms with Gasteiger partial charge in [0.25, 0.3) is 21.8 Å². The third-order valence-electron chi connectivity index (χ3n) is 5.32. The minimum absolute atomic E-state index is 0.0500. The normalized spacial score (nSPS) is 12.4. The van der Waals surface area contributed by atoms with Crippen LogP contribution in [-0.2, 0) is 27.5 Å². The zero-order valence-electron chi connectivity index (χ0n) is 20.2. The van der Waals surface area contributed by atoms with E-state index in [1.54, 1.807) is 25.1 Å². The number of phenols is 1. The maximum Gasteiger partial charge on any atom is 0.417 e. The lowest BCUT2D eigenvalue weighted by molar-refractivity contribution is -0.137. The topological polar surface area (TPSA) is 150 Å². The van der Waals surface area contributed by atoms with E-state index in [1.165, 1.54) is 30.3 Å². The molecule has 0 bridgehead atoms. The van der Waals surface area contributed by atoms with E-state index < -0.39 is 39.6 Å². The number of hydrogen-bond donors (Lipinski definition) is 5. The second-order valence-electron chi connectivity index (χ2n) is 8.10. The number of amides is 2. The Morgan fingerprint density at radius 1 is 1.10 bits per heavy atom. The molecule has 0 saturated carbocycles. The molecular formula is C24H23ClF3N5O5S. The fraction of sp³-hybridized carbons (Fsp3) is 0.208.